The first kappa shape index (κ1) is 18.5. The van der Waals surface area contributed by atoms with Crippen LogP contribution in [0.5, 0.6) is 0 Å². The van der Waals surface area contributed by atoms with Crippen molar-refractivity contribution in [3.63, 3.8) is 0 Å². The molecule has 0 unspecified atom stereocenters. The summed E-state index contributed by atoms with van der Waals surface area (Å²) < 4.78 is 32.2. The Hall–Kier alpha value is -2.25. The Kier molecular flexibility index (Phi) is 5.38. The summed E-state index contributed by atoms with van der Waals surface area (Å²) in [5.74, 6) is -0.107. The van der Waals surface area contributed by atoms with Gasteiger partial charge in [0.25, 0.3) is 10.0 Å². The Bertz CT molecular complexity index is 1040. The number of thioether (sulfide) groups is 1. The van der Waals surface area contributed by atoms with Gasteiger partial charge in [-0.05, 0) is 44.2 Å². The van der Waals surface area contributed by atoms with Crippen LogP contribution in [-0.4, -0.2) is 30.7 Å². The number of rotatable bonds is 6. The minimum atomic E-state index is -3.68. The van der Waals surface area contributed by atoms with Gasteiger partial charge in [-0.25, -0.2) is 12.4 Å². The van der Waals surface area contributed by atoms with Crippen LogP contribution in [0.15, 0.2) is 64.5 Å². The predicted molar refractivity (Wildman–Crippen MR) is 103 cm³/mol. The molecule has 0 aliphatic heterocycles. The van der Waals surface area contributed by atoms with E-state index in [4.69, 9.17) is 4.74 Å². The topological polar surface area (TPSA) is 65.4 Å². The number of esters is 1. The van der Waals surface area contributed by atoms with Crippen molar-refractivity contribution in [3.8, 4) is 0 Å². The molecule has 136 valence electrons. The lowest BCUT2D eigenvalue weighted by atomic mass is 10.2. The largest absolute Gasteiger partial charge is 0.465 e. The van der Waals surface area contributed by atoms with Gasteiger partial charge in [-0.15, -0.1) is 11.8 Å². The molecule has 0 saturated carbocycles. The molecule has 26 heavy (non-hydrogen) atoms. The zero-order valence-electron chi connectivity index (χ0n) is 14.5. The molecule has 1 heterocycles. The molecule has 1 aromatic heterocycles. The lowest BCUT2D eigenvalue weighted by Crippen LogP contribution is -2.11. The standard InChI is InChI=1S/C19H19NO4S2/c1-3-24-19(21)13-25-18-6-4-5-17-16(18)11-12-20(17)26(22,23)15-9-7-14(2)8-10-15/h4-12H,3,13H2,1-2H3. The van der Waals surface area contributed by atoms with Gasteiger partial charge in [0.15, 0.2) is 0 Å². The third kappa shape index (κ3) is 3.64. The summed E-state index contributed by atoms with van der Waals surface area (Å²) in [6.45, 7) is 4.02. The molecule has 3 aromatic rings. The minimum absolute atomic E-state index is 0.183. The number of carbonyl (C=O) groups is 1. The smallest absolute Gasteiger partial charge is 0.316 e. The van der Waals surface area contributed by atoms with Crippen molar-refractivity contribution in [2.45, 2.75) is 23.6 Å². The highest BCUT2D eigenvalue weighted by molar-refractivity contribution is 8.00. The fourth-order valence-corrected chi connectivity index (χ4v) is 4.82. The van der Waals surface area contributed by atoms with E-state index in [1.807, 2.05) is 13.0 Å². The highest BCUT2D eigenvalue weighted by Gasteiger charge is 2.19. The Morgan fingerprint density at radius 2 is 1.85 bits per heavy atom. The Morgan fingerprint density at radius 3 is 2.54 bits per heavy atom. The third-order valence-corrected chi connectivity index (χ3v) is 6.64. The number of ether oxygens (including phenoxy) is 1. The first-order valence-electron chi connectivity index (χ1n) is 8.14. The molecule has 0 amide bonds. The molecule has 0 fully saturated rings. The van der Waals surface area contributed by atoms with Crippen LogP contribution in [0.2, 0.25) is 0 Å². The van der Waals surface area contributed by atoms with Crippen LogP contribution in [0.4, 0.5) is 0 Å². The first-order chi connectivity index (χ1) is 12.4. The average Bonchev–Trinajstić information content (AvgIpc) is 3.06. The van der Waals surface area contributed by atoms with Gasteiger partial charge in [-0.1, -0.05) is 23.8 Å². The highest BCUT2D eigenvalue weighted by atomic mass is 32.2. The van der Waals surface area contributed by atoms with E-state index in [9.17, 15) is 13.2 Å². The second-order valence-electron chi connectivity index (χ2n) is 5.71. The fourth-order valence-electron chi connectivity index (χ4n) is 2.61. The van der Waals surface area contributed by atoms with Crippen molar-refractivity contribution in [1.82, 2.24) is 3.97 Å². The molecule has 0 aliphatic rings. The van der Waals surface area contributed by atoms with Crippen molar-refractivity contribution in [2.75, 3.05) is 12.4 Å². The SMILES string of the molecule is CCOC(=O)CSc1cccc2c1ccn2S(=O)(=O)c1ccc(C)cc1. The van der Waals surface area contributed by atoms with Crippen molar-refractivity contribution in [1.29, 1.82) is 0 Å². The first-order valence-corrected chi connectivity index (χ1v) is 10.6. The van der Waals surface area contributed by atoms with E-state index in [2.05, 4.69) is 0 Å². The number of fused-ring (bicyclic) bond motifs is 1. The van der Waals surface area contributed by atoms with E-state index in [0.717, 1.165) is 15.8 Å². The second kappa shape index (κ2) is 7.55. The molecule has 3 rings (SSSR count). The zero-order valence-corrected chi connectivity index (χ0v) is 16.1. The number of hydrogen-bond donors (Lipinski definition) is 0. The van der Waals surface area contributed by atoms with E-state index in [1.165, 1.54) is 15.7 Å². The molecular formula is C19H19NO4S2. The number of aryl methyl sites for hydroxylation is 1. The van der Waals surface area contributed by atoms with Crippen LogP contribution >= 0.6 is 11.8 Å². The molecule has 5 nitrogen and oxygen atoms in total. The van der Waals surface area contributed by atoms with Crippen LogP contribution in [-0.2, 0) is 19.6 Å². The van der Waals surface area contributed by atoms with Crippen LogP contribution in [0.3, 0.4) is 0 Å². The summed E-state index contributed by atoms with van der Waals surface area (Å²) in [5, 5.41) is 0.789. The molecule has 0 aliphatic carbocycles. The summed E-state index contributed by atoms with van der Waals surface area (Å²) in [5.41, 5.74) is 1.58. The van der Waals surface area contributed by atoms with E-state index in [1.54, 1.807) is 55.6 Å². The molecule has 0 radical (unpaired) electrons. The number of nitrogens with zero attached hydrogens (tertiary/aromatic N) is 1. The molecule has 0 atom stereocenters. The Labute approximate surface area is 157 Å². The van der Waals surface area contributed by atoms with Gasteiger partial charge in [0.05, 0.1) is 22.8 Å². The van der Waals surface area contributed by atoms with Crippen LogP contribution in [0.1, 0.15) is 12.5 Å². The maximum Gasteiger partial charge on any atom is 0.316 e. The van der Waals surface area contributed by atoms with E-state index in [0.29, 0.717) is 12.1 Å². The third-order valence-electron chi connectivity index (χ3n) is 3.89. The average molecular weight is 389 g/mol. The van der Waals surface area contributed by atoms with Gasteiger partial charge in [-0.3, -0.25) is 4.79 Å². The van der Waals surface area contributed by atoms with Gasteiger partial charge >= 0.3 is 5.97 Å². The van der Waals surface area contributed by atoms with E-state index >= 15 is 0 Å². The Morgan fingerprint density at radius 1 is 1.12 bits per heavy atom. The van der Waals surface area contributed by atoms with E-state index < -0.39 is 10.0 Å². The van der Waals surface area contributed by atoms with Gasteiger partial charge < -0.3 is 4.74 Å². The maximum absolute atomic E-state index is 13.0. The number of carbonyl (C=O) groups excluding carboxylic acids is 1. The highest BCUT2D eigenvalue weighted by Crippen LogP contribution is 2.30. The summed E-state index contributed by atoms with van der Waals surface area (Å²) in [4.78, 5) is 12.7. The summed E-state index contributed by atoms with van der Waals surface area (Å²) in [6, 6.07) is 13.9. The molecule has 2 aromatic carbocycles. The van der Waals surface area contributed by atoms with Crippen LogP contribution < -0.4 is 0 Å². The van der Waals surface area contributed by atoms with Crippen molar-refractivity contribution in [3.05, 3.63) is 60.3 Å². The second-order valence-corrected chi connectivity index (χ2v) is 8.54. The van der Waals surface area contributed by atoms with Gasteiger partial charge in [0.2, 0.25) is 0 Å². The van der Waals surface area contributed by atoms with Crippen molar-refractivity contribution < 1.29 is 17.9 Å². The predicted octanol–water partition coefficient (Wildman–Crippen LogP) is 3.84. The normalized spacial score (nSPS) is 11.6. The van der Waals surface area contributed by atoms with Gasteiger partial charge in [0, 0.05) is 16.5 Å². The van der Waals surface area contributed by atoms with Gasteiger partial charge in [-0.2, -0.15) is 0 Å². The van der Waals surface area contributed by atoms with Gasteiger partial charge in [0.1, 0.15) is 0 Å². The van der Waals surface area contributed by atoms with E-state index in [-0.39, 0.29) is 16.6 Å². The lowest BCUT2D eigenvalue weighted by Gasteiger charge is -2.09. The molecule has 0 bridgehead atoms. The zero-order chi connectivity index (χ0) is 18.7. The molecule has 0 spiro atoms. The fraction of sp³-hybridized carbons (Fsp3) is 0.211. The molecule has 7 heteroatoms. The lowest BCUT2D eigenvalue weighted by molar-refractivity contribution is -0.139. The number of aromatic nitrogens is 1. The van der Waals surface area contributed by atoms with Crippen molar-refractivity contribution >= 4 is 38.7 Å². The molecular weight excluding hydrogens is 370 g/mol. The van der Waals surface area contributed by atoms with Crippen molar-refractivity contribution in [2.24, 2.45) is 0 Å². The van der Waals surface area contributed by atoms with Crippen LogP contribution in [0.25, 0.3) is 10.9 Å². The summed E-state index contributed by atoms with van der Waals surface area (Å²) >= 11 is 1.34. The minimum Gasteiger partial charge on any atom is -0.465 e. The van der Waals surface area contributed by atoms with Crippen LogP contribution in [0, 0.1) is 6.92 Å². The number of hydrogen-bond acceptors (Lipinski definition) is 5. The summed E-state index contributed by atoms with van der Waals surface area (Å²) in [6.07, 6.45) is 1.55. The molecule has 0 saturated heterocycles. The summed E-state index contributed by atoms with van der Waals surface area (Å²) in [7, 11) is -3.68. The monoisotopic (exact) mass is 389 g/mol. The number of benzene rings is 2. The quantitative estimate of drug-likeness (QED) is 0.473. The maximum atomic E-state index is 13.0. The Balaban J connectivity index is 1.97. The molecule has 0 N–H and O–H groups in total.